The Kier molecular flexibility index (Phi) is 2.59. The van der Waals surface area contributed by atoms with Gasteiger partial charge in [-0.2, -0.15) is 0 Å². The molecular weight excluding hydrogens is 242 g/mol. The Morgan fingerprint density at radius 3 is 2.50 bits per heavy atom. The number of rotatable bonds is 2. The molecule has 0 radical (unpaired) electrons. The van der Waals surface area contributed by atoms with Crippen LogP contribution in [0.1, 0.15) is 5.69 Å². The van der Waals surface area contributed by atoms with Crippen LogP contribution in [0.5, 0.6) is 0 Å². The van der Waals surface area contributed by atoms with E-state index in [-0.39, 0.29) is 0 Å². The van der Waals surface area contributed by atoms with Gasteiger partial charge in [0.2, 0.25) is 0 Å². The van der Waals surface area contributed by atoms with E-state index in [1.807, 2.05) is 14.1 Å². The van der Waals surface area contributed by atoms with Crippen molar-refractivity contribution in [1.82, 2.24) is 9.38 Å². The van der Waals surface area contributed by atoms with Gasteiger partial charge >= 0.3 is 0 Å². The number of hydrogen-bond acceptors (Lipinski definition) is 3. The van der Waals surface area contributed by atoms with E-state index in [2.05, 4.69) is 57.1 Å². The SMILES string of the molecule is Cc1csc2nc(-c3ccc(N(C)C)cc3)cn12. The van der Waals surface area contributed by atoms with Crippen molar-refractivity contribution in [3.05, 3.63) is 41.5 Å². The third-order valence-electron chi connectivity index (χ3n) is 3.07. The predicted octanol–water partition coefficient (Wildman–Crippen LogP) is 3.44. The minimum atomic E-state index is 1.04. The molecule has 0 spiro atoms. The van der Waals surface area contributed by atoms with Gasteiger partial charge in [0, 0.05) is 42.6 Å². The Hall–Kier alpha value is -1.81. The van der Waals surface area contributed by atoms with Crippen LogP contribution in [0.4, 0.5) is 5.69 Å². The third-order valence-corrected chi connectivity index (χ3v) is 4.03. The fraction of sp³-hybridized carbons (Fsp3) is 0.214. The van der Waals surface area contributed by atoms with Gasteiger partial charge in [-0.15, -0.1) is 11.3 Å². The summed E-state index contributed by atoms with van der Waals surface area (Å²) in [5, 5.41) is 2.13. The largest absolute Gasteiger partial charge is 0.378 e. The number of imidazole rings is 1. The lowest BCUT2D eigenvalue weighted by atomic mass is 10.1. The highest BCUT2D eigenvalue weighted by Gasteiger charge is 2.07. The second-order valence-corrected chi connectivity index (χ2v) is 5.43. The topological polar surface area (TPSA) is 20.5 Å². The summed E-state index contributed by atoms with van der Waals surface area (Å²) in [5.74, 6) is 0. The van der Waals surface area contributed by atoms with Crippen molar-refractivity contribution >= 4 is 22.0 Å². The Morgan fingerprint density at radius 1 is 1.17 bits per heavy atom. The standard InChI is InChI=1S/C14H15N3S/c1-10-9-18-14-15-13(8-17(10)14)11-4-6-12(7-5-11)16(2)3/h4-9H,1-3H3. The van der Waals surface area contributed by atoms with E-state index >= 15 is 0 Å². The van der Waals surface area contributed by atoms with Crippen molar-refractivity contribution in [2.75, 3.05) is 19.0 Å². The Balaban J connectivity index is 2.03. The van der Waals surface area contributed by atoms with Gasteiger partial charge in [-0.3, -0.25) is 4.40 Å². The summed E-state index contributed by atoms with van der Waals surface area (Å²) in [7, 11) is 4.09. The summed E-state index contributed by atoms with van der Waals surface area (Å²) in [5.41, 5.74) is 4.64. The van der Waals surface area contributed by atoms with Crippen molar-refractivity contribution in [2.24, 2.45) is 0 Å². The fourth-order valence-corrected chi connectivity index (χ4v) is 2.81. The van der Waals surface area contributed by atoms with Crippen LogP contribution in [-0.2, 0) is 0 Å². The number of fused-ring (bicyclic) bond motifs is 1. The van der Waals surface area contributed by atoms with Crippen LogP contribution in [0.3, 0.4) is 0 Å². The first-order chi connectivity index (χ1) is 8.65. The molecule has 1 aromatic carbocycles. The van der Waals surface area contributed by atoms with Crippen LogP contribution in [0.25, 0.3) is 16.2 Å². The number of benzene rings is 1. The van der Waals surface area contributed by atoms with Crippen molar-refractivity contribution in [3.63, 3.8) is 0 Å². The first kappa shape index (κ1) is 11.3. The molecule has 4 heteroatoms. The second kappa shape index (κ2) is 4.14. The molecule has 0 aliphatic heterocycles. The summed E-state index contributed by atoms with van der Waals surface area (Å²) in [6.45, 7) is 2.10. The summed E-state index contributed by atoms with van der Waals surface area (Å²) in [6, 6.07) is 8.49. The van der Waals surface area contributed by atoms with Crippen molar-refractivity contribution in [1.29, 1.82) is 0 Å². The molecule has 2 aromatic heterocycles. The lowest BCUT2D eigenvalue weighted by molar-refractivity contribution is 1.13. The summed E-state index contributed by atoms with van der Waals surface area (Å²) < 4.78 is 2.14. The smallest absolute Gasteiger partial charge is 0.194 e. The van der Waals surface area contributed by atoms with E-state index in [1.54, 1.807) is 11.3 Å². The molecule has 0 atom stereocenters. The van der Waals surface area contributed by atoms with Crippen molar-refractivity contribution < 1.29 is 0 Å². The van der Waals surface area contributed by atoms with E-state index in [0.29, 0.717) is 0 Å². The molecule has 92 valence electrons. The Labute approximate surface area is 110 Å². The maximum absolute atomic E-state index is 4.65. The number of aromatic nitrogens is 2. The molecule has 0 amide bonds. The average Bonchev–Trinajstić information content (AvgIpc) is 2.92. The van der Waals surface area contributed by atoms with Crippen LogP contribution >= 0.6 is 11.3 Å². The third kappa shape index (κ3) is 1.78. The van der Waals surface area contributed by atoms with Crippen molar-refractivity contribution in [3.8, 4) is 11.3 Å². The first-order valence-electron chi connectivity index (χ1n) is 5.86. The molecule has 18 heavy (non-hydrogen) atoms. The molecule has 2 heterocycles. The van der Waals surface area contributed by atoms with Gasteiger partial charge in [0.05, 0.1) is 5.69 Å². The zero-order chi connectivity index (χ0) is 12.7. The number of aryl methyl sites for hydroxylation is 1. The maximum Gasteiger partial charge on any atom is 0.194 e. The summed E-state index contributed by atoms with van der Waals surface area (Å²) >= 11 is 1.68. The van der Waals surface area contributed by atoms with Gasteiger partial charge in [0.15, 0.2) is 4.96 Å². The summed E-state index contributed by atoms with van der Waals surface area (Å²) in [6.07, 6.45) is 2.10. The molecule has 0 saturated heterocycles. The molecule has 0 bridgehead atoms. The molecule has 0 fully saturated rings. The van der Waals surface area contributed by atoms with Crippen LogP contribution in [0.15, 0.2) is 35.8 Å². The van der Waals surface area contributed by atoms with E-state index in [9.17, 15) is 0 Å². The quantitative estimate of drug-likeness (QED) is 0.701. The minimum absolute atomic E-state index is 1.04. The van der Waals surface area contributed by atoms with Gasteiger partial charge in [-0.25, -0.2) is 4.98 Å². The van der Waals surface area contributed by atoms with E-state index < -0.39 is 0 Å². The highest BCUT2D eigenvalue weighted by molar-refractivity contribution is 7.15. The van der Waals surface area contributed by atoms with Gasteiger partial charge in [-0.05, 0) is 19.1 Å². The molecule has 0 N–H and O–H groups in total. The number of nitrogens with zero attached hydrogens (tertiary/aromatic N) is 3. The average molecular weight is 257 g/mol. The first-order valence-corrected chi connectivity index (χ1v) is 6.74. The van der Waals surface area contributed by atoms with Crippen molar-refractivity contribution in [2.45, 2.75) is 6.92 Å². The number of thiazole rings is 1. The van der Waals surface area contributed by atoms with Crippen LogP contribution in [0.2, 0.25) is 0 Å². The monoisotopic (exact) mass is 257 g/mol. The molecule has 3 rings (SSSR count). The summed E-state index contributed by atoms with van der Waals surface area (Å²) in [4.78, 5) is 7.80. The minimum Gasteiger partial charge on any atom is -0.378 e. The van der Waals surface area contributed by atoms with Gasteiger partial charge in [-0.1, -0.05) is 12.1 Å². The molecule has 0 unspecified atom stereocenters. The highest BCUT2D eigenvalue weighted by Crippen LogP contribution is 2.24. The number of anilines is 1. The molecule has 0 saturated carbocycles. The predicted molar refractivity (Wildman–Crippen MR) is 77.6 cm³/mol. The maximum atomic E-state index is 4.65. The van der Waals surface area contributed by atoms with E-state index in [0.717, 1.165) is 16.2 Å². The molecular formula is C14H15N3S. The Bertz CT molecular complexity index is 677. The Morgan fingerprint density at radius 2 is 1.89 bits per heavy atom. The normalized spacial score (nSPS) is 11.1. The molecule has 3 nitrogen and oxygen atoms in total. The molecule has 0 aliphatic carbocycles. The highest BCUT2D eigenvalue weighted by atomic mass is 32.1. The van der Waals surface area contributed by atoms with Gasteiger partial charge in [0.1, 0.15) is 0 Å². The van der Waals surface area contributed by atoms with Crippen LogP contribution in [0, 0.1) is 6.92 Å². The molecule has 0 aliphatic rings. The van der Waals surface area contributed by atoms with E-state index in [1.165, 1.54) is 11.4 Å². The van der Waals surface area contributed by atoms with Gasteiger partial charge < -0.3 is 4.90 Å². The lowest BCUT2D eigenvalue weighted by Crippen LogP contribution is -2.07. The zero-order valence-corrected chi connectivity index (χ0v) is 11.5. The zero-order valence-electron chi connectivity index (χ0n) is 10.7. The van der Waals surface area contributed by atoms with Crippen LogP contribution in [-0.4, -0.2) is 23.5 Å². The van der Waals surface area contributed by atoms with Gasteiger partial charge in [0.25, 0.3) is 0 Å². The number of hydrogen-bond donors (Lipinski definition) is 0. The lowest BCUT2D eigenvalue weighted by Gasteiger charge is -2.12. The molecule has 3 aromatic rings. The van der Waals surface area contributed by atoms with E-state index in [4.69, 9.17) is 0 Å². The van der Waals surface area contributed by atoms with Crippen LogP contribution < -0.4 is 4.90 Å². The fourth-order valence-electron chi connectivity index (χ4n) is 1.96. The second-order valence-electron chi connectivity index (χ2n) is 4.60.